The highest BCUT2D eigenvalue weighted by Gasteiger charge is 2.28. The highest BCUT2D eigenvalue weighted by molar-refractivity contribution is 8.06. The number of nitrogens with one attached hydrogen (secondary N) is 1. The standard InChI is InChI=1S/C13H20N2OS2/c1-3-14-13(11-9-17-7-8-18-11)12-10(16-2)5-4-6-15-12/h4-6,11,13-14H,3,7-9H2,1-2H3. The largest absolute Gasteiger partial charge is 0.495 e. The predicted octanol–water partition coefficient (Wildman–Crippen LogP) is 2.59. The number of aromatic nitrogens is 1. The first-order valence-electron chi connectivity index (χ1n) is 6.28. The second-order valence-electron chi connectivity index (χ2n) is 4.11. The van der Waals surface area contributed by atoms with Crippen molar-refractivity contribution in [2.45, 2.75) is 18.2 Å². The van der Waals surface area contributed by atoms with Gasteiger partial charge in [-0.25, -0.2) is 0 Å². The molecule has 0 bridgehead atoms. The van der Waals surface area contributed by atoms with Crippen molar-refractivity contribution in [1.82, 2.24) is 10.3 Å². The number of hydrogen-bond acceptors (Lipinski definition) is 5. The van der Waals surface area contributed by atoms with Gasteiger partial charge in [0.25, 0.3) is 0 Å². The van der Waals surface area contributed by atoms with Gasteiger partial charge in [0.1, 0.15) is 11.4 Å². The van der Waals surface area contributed by atoms with E-state index in [1.807, 2.05) is 41.9 Å². The first-order chi connectivity index (χ1) is 8.86. The summed E-state index contributed by atoms with van der Waals surface area (Å²) < 4.78 is 5.44. The molecule has 18 heavy (non-hydrogen) atoms. The number of rotatable bonds is 5. The third-order valence-corrected chi connectivity index (χ3v) is 5.82. The minimum absolute atomic E-state index is 0.281. The Kier molecular flexibility index (Phi) is 5.66. The fraction of sp³-hybridized carbons (Fsp3) is 0.615. The van der Waals surface area contributed by atoms with Crippen molar-refractivity contribution in [2.75, 3.05) is 30.9 Å². The maximum Gasteiger partial charge on any atom is 0.142 e. The Morgan fingerprint density at radius 2 is 2.44 bits per heavy atom. The van der Waals surface area contributed by atoms with Gasteiger partial charge in [-0.3, -0.25) is 4.98 Å². The lowest BCUT2D eigenvalue weighted by atomic mass is 10.1. The summed E-state index contributed by atoms with van der Waals surface area (Å²) in [6, 6.07) is 4.20. The molecule has 2 unspecified atom stereocenters. The second kappa shape index (κ2) is 7.26. The Bertz CT molecular complexity index is 370. The Balaban J connectivity index is 2.22. The summed E-state index contributed by atoms with van der Waals surface area (Å²) in [5.41, 5.74) is 1.04. The Morgan fingerprint density at radius 1 is 1.56 bits per heavy atom. The van der Waals surface area contributed by atoms with E-state index in [0.717, 1.165) is 18.0 Å². The highest BCUT2D eigenvalue weighted by Crippen LogP contribution is 2.35. The number of hydrogen-bond donors (Lipinski definition) is 1. The number of ether oxygens (including phenoxy) is 1. The molecule has 1 aromatic heterocycles. The molecule has 0 amide bonds. The number of thioether (sulfide) groups is 2. The summed E-state index contributed by atoms with van der Waals surface area (Å²) in [6.45, 7) is 3.09. The van der Waals surface area contributed by atoms with Crippen molar-refractivity contribution in [2.24, 2.45) is 0 Å². The molecule has 0 aromatic carbocycles. The summed E-state index contributed by atoms with van der Waals surface area (Å²) in [5.74, 6) is 4.56. The van der Waals surface area contributed by atoms with Gasteiger partial charge in [-0.05, 0) is 18.7 Å². The van der Waals surface area contributed by atoms with Crippen LogP contribution in [0.1, 0.15) is 18.7 Å². The van der Waals surface area contributed by atoms with Crippen LogP contribution < -0.4 is 10.1 Å². The van der Waals surface area contributed by atoms with Crippen molar-refractivity contribution in [3.05, 3.63) is 24.0 Å². The SMILES string of the molecule is CCNC(c1ncccc1OC)C1CSCCS1. The quantitative estimate of drug-likeness (QED) is 0.899. The van der Waals surface area contributed by atoms with Gasteiger partial charge in [0.2, 0.25) is 0 Å². The smallest absolute Gasteiger partial charge is 0.142 e. The molecular formula is C13H20N2OS2. The second-order valence-corrected chi connectivity index (χ2v) is 6.61. The van der Waals surface area contributed by atoms with E-state index >= 15 is 0 Å². The lowest BCUT2D eigenvalue weighted by Crippen LogP contribution is -2.34. The van der Waals surface area contributed by atoms with E-state index in [1.54, 1.807) is 7.11 Å². The van der Waals surface area contributed by atoms with E-state index in [4.69, 9.17) is 4.74 Å². The van der Waals surface area contributed by atoms with E-state index in [-0.39, 0.29) is 6.04 Å². The zero-order valence-corrected chi connectivity index (χ0v) is 12.5. The van der Waals surface area contributed by atoms with Crippen LogP contribution in [0.3, 0.4) is 0 Å². The molecule has 1 aliphatic heterocycles. The van der Waals surface area contributed by atoms with Crippen LogP contribution in [0.25, 0.3) is 0 Å². The van der Waals surface area contributed by atoms with Gasteiger partial charge in [-0.1, -0.05) is 6.92 Å². The van der Waals surface area contributed by atoms with Crippen molar-refractivity contribution in [3.63, 3.8) is 0 Å². The van der Waals surface area contributed by atoms with Crippen LogP contribution in [-0.2, 0) is 0 Å². The fourth-order valence-corrected chi connectivity index (χ4v) is 4.97. The topological polar surface area (TPSA) is 34.2 Å². The van der Waals surface area contributed by atoms with Gasteiger partial charge in [0, 0.05) is 28.7 Å². The zero-order chi connectivity index (χ0) is 12.8. The molecule has 1 N–H and O–H groups in total. The van der Waals surface area contributed by atoms with Crippen molar-refractivity contribution < 1.29 is 4.74 Å². The maximum absolute atomic E-state index is 5.44. The molecule has 0 spiro atoms. The molecule has 1 aromatic rings. The predicted molar refractivity (Wildman–Crippen MR) is 80.8 cm³/mol. The van der Waals surface area contributed by atoms with Gasteiger partial charge < -0.3 is 10.1 Å². The number of nitrogens with zero attached hydrogens (tertiary/aromatic N) is 1. The van der Waals surface area contributed by atoms with E-state index < -0.39 is 0 Å². The van der Waals surface area contributed by atoms with Crippen LogP contribution in [0, 0.1) is 0 Å². The molecular weight excluding hydrogens is 264 g/mol. The third-order valence-electron chi connectivity index (χ3n) is 2.95. The van der Waals surface area contributed by atoms with Gasteiger partial charge in [-0.2, -0.15) is 23.5 Å². The first kappa shape index (κ1) is 14.0. The van der Waals surface area contributed by atoms with E-state index in [0.29, 0.717) is 5.25 Å². The van der Waals surface area contributed by atoms with Gasteiger partial charge in [0.05, 0.1) is 13.2 Å². The fourth-order valence-electron chi connectivity index (χ4n) is 2.13. The Morgan fingerprint density at radius 3 is 3.11 bits per heavy atom. The van der Waals surface area contributed by atoms with Crippen LogP contribution in [0.2, 0.25) is 0 Å². The summed E-state index contributed by atoms with van der Waals surface area (Å²) in [6.07, 6.45) is 1.85. The Labute approximate surface area is 117 Å². The van der Waals surface area contributed by atoms with Crippen LogP contribution in [0.15, 0.2) is 18.3 Å². The average Bonchev–Trinajstić information content (AvgIpc) is 2.46. The summed E-state index contributed by atoms with van der Waals surface area (Å²) in [4.78, 5) is 4.53. The molecule has 2 rings (SSSR count). The van der Waals surface area contributed by atoms with E-state index in [1.165, 1.54) is 17.3 Å². The molecule has 2 heterocycles. The molecule has 100 valence electrons. The van der Waals surface area contributed by atoms with Gasteiger partial charge in [0.15, 0.2) is 0 Å². The minimum atomic E-state index is 0.281. The lowest BCUT2D eigenvalue weighted by Gasteiger charge is -2.30. The molecule has 3 nitrogen and oxygen atoms in total. The van der Waals surface area contributed by atoms with Crippen LogP contribution >= 0.6 is 23.5 Å². The van der Waals surface area contributed by atoms with Crippen molar-refractivity contribution in [1.29, 1.82) is 0 Å². The molecule has 2 atom stereocenters. The molecule has 1 saturated heterocycles. The Hall–Kier alpha value is -0.390. The molecule has 0 saturated carbocycles. The highest BCUT2D eigenvalue weighted by atomic mass is 32.2. The number of methoxy groups -OCH3 is 1. The van der Waals surface area contributed by atoms with E-state index in [9.17, 15) is 0 Å². The molecule has 0 aliphatic carbocycles. The monoisotopic (exact) mass is 284 g/mol. The van der Waals surface area contributed by atoms with Gasteiger partial charge in [-0.15, -0.1) is 0 Å². The summed E-state index contributed by atoms with van der Waals surface area (Å²) >= 11 is 4.08. The zero-order valence-electron chi connectivity index (χ0n) is 10.9. The molecule has 5 heteroatoms. The molecule has 0 radical (unpaired) electrons. The summed E-state index contributed by atoms with van der Waals surface area (Å²) in [5, 5.41) is 4.14. The van der Waals surface area contributed by atoms with Gasteiger partial charge >= 0.3 is 0 Å². The molecule has 1 fully saturated rings. The lowest BCUT2D eigenvalue weighted by molar-refractivity contribution is 0.394. The molecule has 1 aliphatic rings. The normalized spacial score (nSPS) is 21.6. The number of pyridine rings is 1. The van der Waals surface area contributed by atoms with Crippen molar-refractivity contribution in [3.8, 4) is 5.75 Å². The van der Waals surface area contributed by atoms with Crippen LogP contribution in [0.4, 0.5) is 0 Å². The van der Waals surface area contributed by atoms with E-state index in [2.05, 4.69) is 17.2 Å². The average molecular weight is 284 g/mol. The first-order valence-corrected chi connectivity index (χ1v) is 8.48. The van der Waals surface area contributed by atoms with Crippen LogP contribution in [-0.4, -0.2) is 41.1 Å². The van der Waals surface area contributed by atoms with Crippen LogP contribution in [0.5, 0.6) is 5.75 Å². The third kappa shape index (κ3) is 3.33. The minimum Gasteiger partial charge on any atom is -0.495 e. The van der Waals surface area contributed by atoms with Crippen molar-refractivity contribution >= 4 is 23.5 Å². The maximum atomic E-state index is 5.44. The summed E-state index contributed by atoms with van der Waals surface area (Å²) in [7, 11) is 1.71.